The van der Waals surface area contributed by atoms with Gasteiger partial charge in [0.05, 0.1) is 32.9 Å². The highest BCUT2D eigenvalue weighted by Crippen LogP contribution is 2.42. The Bertz CT molecular complexity index is 1030. The zero-order valence-corrected chi connectivity index (χ0v) is 19.0. The molecule has 3 rings (SSSR count). The lowest BCUT2D eigenvalue weighted by Crippen LogP contribution is -2.30. The zero-order chi connectivity index (χ0) is 23.4. The first-order valence-electron chi connectivity index (χ1n) is 10.4. The van der Waals surface area contributed by atoms with E-state index in [1.807, 2.05) is 26.0 Å². The van der Waals surface area contributed by atoms with Crippen LogP contribution in [0.15, 0.2) is 53.8 Å². The van der Waals surface area contributed by atoms with Gasteiger partial charge in [0, 0.05) is 13.0 Å². The summed E-state index contributed by atoms with van der Waals surface area (Å²) in [5.74, 6) is 0.472. The maximum Gasteiger partial charge on any atom is 0.290 e. The standard InChI is InChI=1S/C25H29NO6/c1-15(2)12-19(27)22-23(17-8-11-20(31-4)21(13-17)32-5)26(25(29)24(22)28)14-16-6-9-18(30-3)10-7-16/h6-11,13,15,23,28H,12,14H2,1-5H3. The van der Waals surface area contributed by atoms with E-state index in [1.54, 1.807) is 37.4 Å². The molecule has 1 atom stereocenters. The number of carbonyl (C=O) groups excluding carboxylic acids is 2. The van der Waals surface area contributed by atoms with Gasteiger partial charge in [0.25, 0.3) is 5.91 Å². The van der Waals surface area contributed by atoms with Crippen molar-refractivity contribution in [2.24, 2.45) is 5.92 Å². The van der Waals surface area contributed by atoms with Crippen molar-refractivity contribution in [2.75, 3.05) is 21.3 Å². The number of carbonyl (C=O) groups is 2. The Morgan fingerprint density at radius 3 is 2.22 bits per heavy atom. The molecule has 1 amide bonds. The summed E-state index contributed by atoms with van der Waals surface area (Å²) in [5.41, 5.74) is 1.61. The molecule has 0 bridgehead atoms. The second-order valence-electron chi connectivity index (χ2n) is 8.08. The summed E-state index contributed by atoms with van der Waals surface area (Å²) in [7, 11) is 4.64. The summed E-state index contributed by atoms with van der Waals surface area (Å²) in [5, 5.41) is 10.7. The molecule has 1 aliphatic heterocycles. The van der Waals surface area contributed by atoms with Gasteiger partial charge < -0.3 is 24.2 Å². The van der Waals surface area contributed by atoms with Crippen molar-refractivity contribution in [2.45, 2.75) is 32.9 Å². The topological polar surface area (TPSA) is 85.3 Å². The Hall–Kier alpha value is -3.48. The molecule has 170 valence electrons. The highest BCUT2D eigenvalue weighted by Gasteiger charge is 2.43. The Balaban J connectivity index is 2.07. The summed E-state index contributed by atoms with van der Waals surface area (Å²) < 4.78 is 15.9. The van der Waals surface area contributed by atoms with Gasteiger partial charge in [-0.3, -0.25) is 9.59 Å². The van der Waals surface area contributed by atoms with Crippen LogP contribution in [-0.2, 0) is 16.1 Å². The molecule has 7 heteroatoms. The third kappa shape index (κ3) is 4.56. The molecule has 32 heavy (non-hydrogen) atoms. The molecule has 0 aliphatic carbocycles. The van der Waals surface area contributed by atoms with Gasteiger partial charge in [0.15, 0.2) is 23.0 Å². The number of aliphatic hydroxyl groups excluding tert-OH is 1. The fraction of sp³-hybridized carbons (Fsp3) is 0.360. The molecule has 2 aromatic rings. The number of hydrogen-bond acceptors (Lipinski definition) is 6. The van der Waals surface area contributed by atoms with Crippen molar-refractivity contribution in [3.8, 4) is 17.2 Å². The number of ketones is 1. The van der Waals surface area contributed by atoms with Crippen molar-refractivity contribution in [3.05, 3.63) is 64.9 Å². The van der Waals surface area contributed by atoms with Gasteiger partial charge in [0.2, 0.25) is 0 Å². The summed E-state index contributed by atoms with van der Waals surface area (Å²) in [6.45, 7) is 4.06. The van der Waals surface area contributed by atoms with Crippen LogP contribution < -0.4 is 14.2 Å². The zero-order valence-electron chi connectivity index (χ0n) is 19.0. The number of hydrogen-bond donors (Lipinski definition) is 1. The number of benzene rings is 2. The monoisotopic (exact) mass is 439 g/mol. The highest BCUT2D eigenvalue weighted by molar-refractivity contribution is 6.09. The minimum Gasteiger partial charge on any atom is -0.503 e. The number of nitrogens with zero attached hydrogens (tertiary/aromatic N) is 1. The molecule has 0 spiro atoms. The first kappa shape index (κ1) is 23.2. The number of ether oxygens (including phenoxy) is 3. The van der Waals surface area contributed by atoms with Crippen LogP contribution in [0.25, 0.3) is 0 Å². The largest absolute Gasteiger partial charge is 0.503 e. The Morgan fingerprint density at radius 2 is 1.66 bits per heavy atom. The number of aliphatic hydroxyl groups is 1. The molecule has 0 aromatic heterocycles. The summed E-state index contributed by atoms with van der Waals surface area (Å²) >= 11 is 0. The van der Waals surface area contributed by atoms with Crippen LogP contribution in [0.4, 0.5) is 0 Å². The predicted octanol–water partition coefficient (Wildman–Crippen LogP) is 4.22. The number of methoxy groups -OCH3 is 3. The maximum atomic E-state index is 13.1. The molecule has 0 fully saturated rings. The third-order valence-corrected chi connectivity index (χ3v) is 5.43. The van der Waals surface area contributed by atoms with Crippen LogP contribution >= 0.6 is 0 Å². The van der Waals surface area contributed by atoms with Crippen molar-refractivity contribution >= 4 is 11.7 Å². The van der Waals surface area contributed by atoms with Crippen molar-refractivity contribution in [1.82, 2.24) is 4.90 Å². The molecular weight excluding hydrogens is 410 g/mol. The second-order valence-corrected chi connectivity index (χ2v) is 8.08. The Morgan fingerprint density at radius 1 is 1.00 bits per heavy atom. The molecular formula is C25H29NO6. The minimum atomic E-state index is -0.740. The number of rotatable bonds is 9. The van der Waals surface area contributed by atoms with E-state index in [-0.39, 0.29) is 30.2 Å². The minimum absolute atomic E-state index is 0.0830. The maximum absolute atomic E-state index is 13.1. The lowest BCUT2D eigenvalue weighted by atomic mass is 9.92. The molecule has 2 aromatic carbocycles. The van der Waals surface area contributed by atoms with Crippen LogP contribution in [0.1, 0.15) is 37.4 Å². The lowest BCUT2D eigenvalue weighted by Gasteiger charge is -2.27. The summed E-state index contributed by atoms with van der Waals surface area (Å²) in [6.07, 6.45) is 0.229. The third-order valence-electron chi connectivity index (χ3n) is 5.43. The van der Waals surface area contributed by atoms with Gasteiger partial charge >= 0.3 is 0 Å². The Kier molecular flexibility index (Phi) is 7.08. The van der Waals surface area contributed by atoms with Crippen molar-refractivity contribution in [1.29, 1.82) is 0 Å². The van der Waals surface area contributed by atoms with Crippen molar-refractivity contribution in [3.63, 3.8) is 0 Å². The molecule has 0 radical (unpaired) electrons. The number of Topliss-reactive ketones (excluding diaryl/α,β-unsaturated/α-hetero) is 1. The molecule has 0 saturated carbocycles. The average Bonchev–Trinajstić information content (AvgIpc) is 3.03. The SMILES string of the molecule is COc1ccc(CN2C(=O)C(O)=C(C(=O)CC(C)C)C2c2ccc(OC)c(OC)c2)cc1. The van der Waals surface area contributed by atoms with Gasteiger partial charge in [-0.05, 0) is 41.3 Å². The van der Waals surface area contributed by atoms with Crippen LogP contribution in [0, 0.1) is 5.92 Å². The Labute approximate surface area is 188 Å². The van der Waals surface area contributed by atoms with Crippen LogP contribution in [0.2, 0.25) is 0 Å². The molecule has 0 saturated heterocycles. The molecule has 1 unspecified atom stereocenters. The average molecular weight is 440 g/mol. The fourth-order valence-corrected chi connectivity index (χ4v) is 3.88. The second kappa shape index (κ2) is 9.77. The van der Waals surface area contributed by atoms with E-state index >= 15 is 0 Å². The van der Waals surface area contributed by atoms with Crippen LogP contribution in [0.5, 0.6) is 17.2 Å². The van der Waals surface area contributed by atoms with E-state index in [0.29, 0.717) is 22.8 Å². The molecule has 1 heterocycles. The smallest absolute Gasteiger partial charge is 0.290 e. The van der Waals surface area contributed by atoms with Gasteiger partial charge in [0.1, 0.15) is 5.75 Å². The van der Waals surface area contributed by atoms with E-state index in [0.717, 1.165) is 5.56 Å². The van der Waals surface area contributed by atoms with Crippen LogP contribution in [0.3, 0.4) is 0 Å². The normalized spacial score (nSPS) is 16.0. The van der Waals surface area contributed by atoms with E-state index in [9.17, 15) is 14.7 Å². The van der Waals surface area contributed by atoms with E-state index < -0.39 is 17.7 Å². The van der Waals surface area contributed by atoms with Gasteiger partial charge in [-0.15, -0.1) is 0 Å². The van der Waals surface area contributed by atoms with Gasteiger partial charge in [-0.25, -0.2) is 0 Å². The first-order valence-corrected chi connectivity index (χ1v) is 10.4. The summed E-state index contributed by atoms with van der Waals surface area (Å²) in [6, 6.07) is 11.8. The fourth-order valence-electron chi connectivity index (χ4n) is 3.88. The van der Waals surface area contributed by atoms with Gasteiger partial charge in [-0.1, -0.05) is 32.0 Å². The first-order chi connectivity index (χ1) is 15.3. The molecule has 1 N–H and O–H groups in total. The molecule has 1 aliphatic rings. The van der Waals surface area contributed by atoms with E-state index in [1.165, 1.54) is 19.1 Å². The van der Waals surface area contributed by atoms with E-state index in [2.05, 4.69) is 0 Å². The van der Waals surface area contributed by atoms with E-state index in [4.69, 9.17) is 14.2 Å². The lowest BCUT2D eigenvalue weighted by molar-refractivity contribution is -0.130. The highest BCUT2D eigenvalue weighted by atomic mass is 16.5. The van der Waals surface area contributed by atoms with Crippen molar-refractivity contribution < 1.29 is 28.9 Å². The van der Waals surface area contributed by atoms with Crippen LogP contribution in [-0.4, -0.2) is 43.0 Å². The summed E-state index contributed by atoms with van der Waals surface area (Å²) in [4.78, 5) is 27.7. The quantitative estimate of drug-likeness (QED) is 0.630. The predicted molar refractivity (Wildman–Crippen MR) is 120 cm³/mol. The molecule has 7 nitrogen and oxygen atoms in total. The van der Waals surface area contributed by atoms with Gasteiger partial charge in [-0.2, -0.15) is 0 Å². The number of amides is 1.